The summed E-state index contributed by atoms with van der Waals surface area (Å²) in [6, 6.07) is -6.10. The highest BCUT2D eigenvalue weighted by molar-refractivity contribution is 5.95. The second-order valence-electron chi connectivity index (χ2n) is 7.85. The molecule has 0 aromatic carbocycles. The van der Waals surface area contributed by atoms with Crippen LogP contribution in [0, 0.1) is 0 Å². The van der Waals surface area contributed by atoms with Gasteiger partial charge in [0.1, 0.15) is 12.1 Å². The van der Waals surface area contributed by atoms with Crippen molar-refractivity contribution in [1.29, 1.82) is 0 Å². The van der Waals surface area contributed by atoms with E-state index in [1.54, 1.807) is 0 Å². The van der Waals surface area contributed by atoms with Gasteiger partial charge in [-0.05, 0) is 26.2 Å². The molecule has 0 aromatic rings. The van der Waals surface area contributed by atoms with Crippen molar-refractivity contribution in [2.75, 3.05) is 6.54 Å². The molecule has 17 heteroatoms. The molecule has 4 amide bonds. The van der Waals surface area contributed by atoms with Gasteiger partial charge >= 0.3 is 11.9 Å². The quantitative estimate of drug-likeness (QED) is 0.0491. The van der Waals surface area contributed by atoms with Gasteiger partial charge in [-0.25, -0.2) is 4.79 Å². The largest absolute Gasteiger partial charge is 0.481 e. The summed E-state index contributed by atoms with van der Waals surface area (Å²) in [6.45, 7) is 1.29. The second-order valence-corrected chi connectivity index (χ2v) is 7.85. The van der Waals surface area contributed by atoms with E-state index >= 15 is 0 Å². The molecule has 0 heterocycles. The lowest BCUT2D eigenvalue weighted by atomic mass is 10.1. The lowest BCUT2D eigenvalue weighted by Gasteiger charge is -2.25. The molecule has 5 atom stereocenters. The number of aliphatic hydroxyl groups is 1. The Morgan fingerprint density at radius 2 is 1.42 bits per heavy atom. The van der Waals surface area contributed by atoms with E-state index in [1.807, 2.05) is 5.32 Å². The summed E-state index contributed by atoms with van der Waals surface area (Å²) in [4.78, 5) is 75.1. The fourth-order valence-corrected chi connectivity index (χ4v) is 2.78. The first-order chi connectivity index (χ1) is 16.6. The Labute approximate surface area is 206 Å². The third kappa shape index (κ3) is 13.0. The van der Waals surface area contributed by atoms with Crippen molar-refractivity contribution in [3.05, 3.63) is 0 Å². The summed E-state index contributed by atoms with van der Waals surface area (Å²) in [5.41, 5.74) is 21.2. The number of carboxylic acid groups (broad SMARTS) is 2. The van der Waals surface area contributed by atoms with E-state index in [2.05, 4.69) is 15.6 Å². The van der Waals surface area contributed by atoms with E-state index < -0.39 is 78.7 Å². The monoisotopic (exact) mass is 518 g/mol. The number of rotatable bonds is 17. The molecule has 0 saturated carbocycles. The summed E-state index contributed by atoms with van der Waals surface area (Å²) in [6.07, 6.45) is -2.76. The molecule has 36 heavy (non-hydrogen) atoms. The average Bonchev–Trinajstić information content (AvgIpc) is 2.75. The lowest BCUT2D eigenvalue weighted by Crippen LogP contribution is -2.58. The van der Waals surface area contributed by atoms with Crippen LogP contribution in [0.15, 0.2) is 4.99 Å². The fraction of sp³-hybridized carbons (Fsp3) is 0.632. The average molecular weight is 519 g/mol. The molecular formula is C19H34N8O9. The highest BCUT2D eigenvalue weighted by Crippen LogP contribution is 2.04. The van der Waals surface area contributed by atoms with Crippen LogP contribution in [0.5, 0.6) is 0 Å². The number of hydrogen-bond donors (Lipinski definition) is 10. The number of hydrogen-bond acceptors (Lipinski definition) is 9. The number of aliphatic imine (C=N–C) groups is 1. The number of aliphatic hydroxyl groups excluding tert-OH is 1. The Hall–Kier alpha value is -3.99. The number of nitrogens with one attached hydrogen (secondary N) is 3. The maximum absolute atomic E-state index is 12.7. The third-order valence-corrected chi connectivity index (χ3v) is 4.67. The second kappa shape index (κ2) is 15.8. The van der Waals surface area contributed by atoms with Gasteiger partial charge in [-0.3, -0.25) is 29.0 Å². The number of guanidine groups is 1. The number of carbonyl (C=O) groups excluding carboxylic acids is 4. The van der Waals surface area contributed by atoms with Crippen LogP contribution in [-0.2, 0) is 28.8 Å². The summed E-state index contributed by atoms with van der Waals surface area (Å²) in [5, 5.41) is 34.2. The van der Waals surface area contributed by atoms with Gasteiger partial charge < -0.3 is 54.2 Å². The van der Waals surface area contributed by atoms with E-state index in [0.717, 1.165) is 6.92 Å². The van der Waals surface area contributed by atoms with E-state index in [1.165, 1.54) is 0 Å². The normalized spacial score (nSPS) is 14.8. The minimum Gasteiger partial charge on any atom is -0.481 e. The van der Waals surface area contributed by atoms with Crippen molar-refractivity contribution in [3.8, 4) is 0 Å². The van der Waals surface area contributed by atoms with Crippen LogP contribution >= 0.6 is 0 Å². The van der Waals surface area contributed by atoms with Crippen molar-refractivity contribution < 1.29 is 44.1 Å². The zero-order valence-corrected chi connectivity index (χ0v) is 19.7. The predicted molar refractivity (Wildman–Crippen MR) is 124 cm³/mol. The number of nitrogens with zero attached hydrogens (tertiary/aromatic N) is 1. The minimum atomic E-state index is -1.74. The molecule has 0 bridgehead atoms. The number of carboxylic acids is 2. The fourth-order valence-electron chi connectivity index (χ4n) is 2.78. The summed E-state index contributed by atoms with van der Waals surface area (Å²) < 4.78 is 0. The number of carbonyl (C=O) groups is 6. The number of amides is 4. The maximum Gasteiger partial charge on any atom is 0.328 e. The van der Waals surface area contributed by atoms with E-state index in [-0.39, 0.29) is 25.3 Å². The van der Waals surface area contributed by atoms with Gasteiger partial charge in [-0.1, -0.05) is 0 Å². The van der Waals surface area contributed by atoms with E-state index in [0.29, 0.717) is 6.42 Å². The molecule has 5 unspecified atom stereocenters. The molecule has 0 radical (unpaired) electrons. The highest BCUT2D eigenvalue weighted by atomic mass is 16.4. The van der Waals surface area contributed by atoms with Gasteiger partial charge in [0, 0.05) is 13.0 Å². The molecular weight excluding hydrogens is 484 g/mol. The first kappa shape index (κ1) is 32.0. The Kier molecular flexibility index (Phi) is 14.1. The van der Waals surface area contributed by atoms with Crippen molar-refractivity contribution in [3.63, 3.8) is 0 Å². The standard InChI is InChI=1S/C19H34N8O9/c1-8(28)14(18(35)36)27-16(33)10(4-5-12(21)29)25-17(34)11(7-13(30)31)26-15(32)9(20)3-2-6-24-19(22)23/h8-11,14,28H,2-7,20H2,1H3,(H2,21,29)(H,25,34)(H,26,32)(H,27,33)(H,30,31)(H,35,36)(H4,22,23,24). The molecule has 0 saturated heterocycles. The zero-order valence-electron chi connectivity index (χ0n) is 19.7. The molecule has 0 aromatic heterocycles. The molecule has 14 N–H and O–H groups in total. The number of aliphatic carboxylic acids is 2. The lowest BCUT2D eigenvalue weighted by molar-refractivity contribution is -0.145. The van der Waals surface area contributed by atoms with Crippen LogP contribution in [-0.4, -0.2) is 93.7 Å². The summed E-state index contributed by atoms with van der Waals surface area (Å²) >= 11 is 0. The Balaban J connectivity index is 5.48. The smallest absolute Gasteiger partial charge is 0.328 e. The number of primary amides is 1. The Morgan fingerprint density at radius 1 is 0.861 bits per heavy atom. The van der Waals surface area contributed by atoms with Crippen molar-refractivity contribution >= 4 is 41.5 Å². The Morgan fingerprint density at radius 3 is 1.89 bits per heavy atom. The zero-order chi connectivity index (χ0) is 28.0. The molecule has 17 nitrogen and oxygen atoms in total. The van der Waals surface area contributed by atoms with Gasteiger partial charge in [0.15, 0.2) is 12.0 Å². The topological polar surface area (TPSA) is 316 Å². The molecule has 0 spiro atoms. The highest BCUT2D eigenvalue weighted by Gasteiger charge is 2.32. The van der Waals surface area contributed by atoms with Crippen molar-refractivity contribution in [2.45, 2.75) is 69.3 Å². The van der Waals surface area contributed by atoms with E-state index in [9.17, 15) is 33.9 Å². The summed E-state index contributed by atoms with van der Waals surface area (Å²) in [7, 11) is 0. The molecule has 0 aliphatic rings. The van der Waals surface area contributed by atoms with Gasteiger partial charge in [-0.2, -0.15) is 0 Å². The Bertz CT molecular complexity index is 845. The van der Waals surface area contributed by atoms with Crippen LogP contribution in [0.2, 0.25) is 0 Å². The molecule has 0 aliphatic heterocycles. The van der Waals surface area contributed by atoms with Gasteiger partial charge in [0.2, 0.25) is 23.6 Å². The third-order valence-electron chi connectivity index (χ3n) is 4.67. The van der Waals surface area contributed by atoms with Crippen molar-refractivity contribution in [1.82, 2.24) is 16.0 Å². The van der Waals surface area contributed by atoms with Crippen LogP contribution < -0.4 is 38.9 Å². The first-order valence-electron chi connectivity index (χ1n) is 10.8. The van der Waals surface area contributed by atoms with Gasteiger partial charge in [-0.15, -0.1) is 0 Å². The minimum absolute atomic E-state index is 0.101. The molecule has 0 aliphatic carbocycles. The summed E-state index contributed by atoms with van der Waals surface area (Å²) in [5.74, 6) is -7.09. The first-order valence-corrected chi connectivity index (χ1v) is 10.8. The van der Waals surface area contributed by atoms with Crippen LogP contribution in [0.4, 0.5) is 0 Å². The predicted octanol–water partition coefficient (Wildman–Crippen LogP) is -4.97. The van der Waals surface area contributed by atoms with E-state index in [4.69, 9.17) is 33.1 Å². The van der Waals surface area contributed by atoms with Gasteiger partial charge in [0.25, 0.3) is 0 Å². The van der Waals surface area contributed by atoms with Gasteiger partial charge in [0.05, 0.1) is 18.6 Å². The van der Waals surface area contributed by atoms with Crippen LogP contribution in [0.25, 0.3) is 0 Å². The maximum atomic E-state index is 12.7. The molecule has 0 rings (SSSR count). The number of nitrogens with two attached hydrogens (primary N) is 4. The van der Waals surface area contributed by atoms with Crippen LogP contribution in [0.3, 0.4) is 0 Å². The van der Waals surface area contributed by atoms with Crippen molar-refractivity contribution in [2.24, 2.45) is 27.9 Å². The van der Waals surface area contributed by atoms with Crippen LogP contribution in [0.1, 0.15) is 39.0 Å². The SMILES string of the molecule is CC(O)C(NC(=O)C(CCC(N)=O)NC(=O)C(CC(=O)O)NC(=O)C(N)CCCN=C(N)N)C(=O)O. The molecule has 204 valence electrons. The molecule has 0 fully saturated rings.